The molecule has 1 N–H and O–H groups in total. The molecular weight excluding hydrogens is 911 g/mol. The molecule has 0 radical (unpaired) electrons. The maximum absolute atomic E-state index is 12.9. The van der Waals surface area contributed by atoms with Crippen molar-refractivity contribution in [3.63, 3.8) is 0 Å². The van der Waals surface area contributed by atoms with E-state index in [4.69, 9.17) is 18.9 Å². The van der Waals surface area contributed by atoms with Gasteiger partial charge in [-0.3, -0.25) is 9.59 Å². The smallest absolute Gasteiger partial charge is 0.361 e. The number of aliphatic carboxylic acids is 1. The Bertz CT molecular complexity index is 1380. The lowest BCUT2D eigenvalue weighted by atomic mass is 10.0. The Balaban J connectivity index is 4.19. The van der Waals surface area contributed by atoms with Gasteiger partial charge in [-0.1, -0.05) is 235 Å². The Morgan fingerprint density at radius 2 is 0.740 bits per heavy atom. The van der Waals surface area contributed by atoms with Crippen molar-refractivity contribution in [3.05, 3.63) is 60.8 Å². The van der Waals surface area contributed by atoms with Crippen LogP contribution in [0.3, 0.4) is 0 Å². The lowest BCUT2D eigenvalue weighted by Crippen LogP contribution is -2.40. The predicted octanol–water partition coefficient (Wildman–Crippen LogP) is 18.0. The third-order valence-electron chi connectivity index (χ3n) is 13.2. The van der Waals surface area contributed by atoms with Crippen LogP contribution in [0.2, 0.25) is 0 Å². The van der Waals surface area contributed by atoms with E-state index in [0.717, 1.165) is 57.8 Å². The minimum Gasteiger partial charge on any atom is -0.477 e. The molecule has 0 aromatic carbocycles. The summed E-state index contributed by atoms with van der Waals surface area (Å²) in [4.78, 5) is 37.5. The van der Waals surface area contributed by atoms with Gasteiger partial charge in [0.25, 0.3) is 6.29 Å². The van der Waals surface area contributed by atoms with E-state index >= 15 is 0 Å². The van der Waals surface area contributed by atoms with E-state index in [-0.39, 0.29) is 32.2 Å². The molecule has 0 amide bonds. The zero-order valence-electron chi connectivity index (χ0n) is 48.3. The van der Waals surface area contributed by atoms with Crippen molar-refractivity contribution >= 4 is 17.9 Å². The van der Waals surface area contributed by atoms with Crippen LogP contribution >= 0.6 is 0 Å². The van der Waals surface area contributed by atoms with Crippen LogP contribution in [0.4, 0.5) is 0 Å². The monoisotopic (exact) mass is 1030 g/mol. The Morgan fingerprint density at radius 3 is 1.12 bits per heavy atom. The van der Waals surface area contributed by atoms with E-state index in [1.807, 2.05) is 21.1 Å². The normalized spacial score (nSPS) is 13.2. The van der Waals surface area contributed by atoms with Gasteiger partial charge in [-0.05, 0) is 83.5 Å². The molecule has 0 aromatic rings. The van der Waals surface area contributed by atoms with Crippen LogP contribution in [0.5, 0.6) is 0 Å². The van der Waals surface area contributed by atoms with Gasteiger partial charge >= 0.3 is 17.9 Å². The first kappa shape index (κ1) is 70.0. The van der Waals surface area contributed by atoms with Gasteiger partial charge in [0.2, 0.25) is 0 Å². The summed E-state index contributed by atoms with van der Waals surface area (Å²) in [5.74, 6) is -2.00. The number of nitrogens with zero attached hydrogens (tertiary/aromatic N) is 1. The first-order valence-corrected chi connectivity index (χ1v) is 30.5. The maximum Gasteiger partial charge on any atom is 0.361 e. The highest BCUT2D eigenvalue weighted by molar-refractivity contribution is 5.71. The van der Waals surface area contributed by atoms with Gasteiger partial charge in [0.05, 0.1) is 34.4 Å². The van der Waals surface area contributed by atoms with Gasteiger partial charge in [0.15, 0.2) is 6.10 Å². The highest BCUT2D eigenvalue weighted by Crippen LogP contribution is 2.16. The number of carbonyl (C=O) groups excluding carboxylic acids is 2. The maximum atomic E-state index is 12.9. The largest absolute Gasteiger partial charge is 0.477 e. The van der Waals surface area contributed by atoms with Gasteiger partial charge in [0, 0.05) is 12.8 Å². The summed E-state index contributed by atoms with van der Waals surface area (Å²) < 4.78 is 22.9. The van der Waals surface area contributed by atoms with E-state index < -0.39 is 24.3 Å². The van der Waals surface area contributed by atoms with Gasteiger partial charge in [-0.25, -0.2) is 4.79 Å². The van der Waals surface area contributed by atoms with Crippen LogP contribution in [0, 0.1) is 0 Å². The number of hydrogen-bond acceptors (Lipinski definition) is 7. The molecule has 73 heavy (non-hydrogen) atoms. The second-order valence-corrected chi connectivity index (χ2v) is 21.7. The quantitative estimate of drug-likeness (QED) is 0.0211. The Hall–Kier alpha value is -3.01. The second kappa shape index (κ2) is 55.2. The van der Waals surface area contributed by atoms with Crippen molar-refractivity contribution in [3.8, 4) is 0 Å². The number of hydrogen-bond donors (Lipinski definition) is 1. The van der Waals surface area contributed by atoms with Gasteiger partial charge in [0.1, 0.15) is 13.2 Å². The fourth-order valence-electron chi connectivity index (χ4n) is 8.52. The standard InChI is InChI=1S/C64H115NO8/c1-6-8-10-12-14-16-18-20-22-24-26-27-28-29-30-31-32-33-34-35-37-39-41-43-45-47-49-51-53-55-62(67)73-60(59-72-64(63(68)69)70-57-56-65(3,4)5)58-71-61(66)54-52-50-48-46-44-42-40-38-36-25-23-21-19-17-15-13-11-9-7-2/h15,17-18,20-21,23-24,26,28-29,60,64H,6-14,16,19,22,25,27,30-59H2,1-5H3/p+1/b17-15-,20-18-,23-21-,26-24-,29-28-. The molecule has 9 heteroatoms. The molecule has 0 rings (SSSR count). The Morgan fingerprint density at radius 1 is 0.411 bits per heavy atom. The molecule has 0 aromatic heterocycles. The number of carboxylic acids is 1. The molecule has 0 bridgehead atoms. The number of ether oxygens (including phenoxy) is 4. The van der Waals surface area contributed by atoms with E-state index in [9.17, 15) is 19.5 Å². The fraction of sp³-hybridized carbons (Fsp3) is 0.797. The average molecular weight is 1030 g/mol. The summed E-state index contributed by atoms with van der Waals surface area (Å²) in [5, 5.41) is 9.71. The molecule has 0 saturated heterocycles. The van der Waals surface area contributed by atoms with E-state index in [2.05, 4.69) is 74.6 Å². The molecule has 0 fully saturated rings. The summed E-state index contributed by atoms with van der Waals surface area (Å²) in [6.07, 6.45) is 67.3. The lowest BCUT2D eigenvalue weighted by Gasteiger charge is -2.25. The number of allylic oxidation sites excluding steroid dienone is 10. The molecule has 0 aliphatic heterocycles. The number of likely N-dealkylation sites (N-methyl/N-ethyl adjacent to an activating group) is 1. The minimum absolute atomic E-state index is 0.184. The Labute approximate surface area is 450 Å². The number of unbranched alkanes of at least 4 members (excludes halogenated alkanes) is 31. The highest BCUT2D eigenvalue weighted by atomic mass is 16.7. The molecule has 424 valence electrons. The molecular formula is C64H116NO8+. The molecule has 0 aliphatic carbocycles. The minimum atomic E-state index is -1.51. The van der Waals surface area contributed by atoms with Crippen molar-refractivity contribution in [1.82, 2.24) is 0 Å². The number of rotatable bonds is 56. The number of quaternary nitrogens is 1. The number of esters is 2. The average Bonchev–Trinajstić information content (AvgIpc) is 3.36. The predicted molar refractivity (Wildman–Crippen MR) is 309 cm³/mol. The van der Waals surface area contributed by atoms with E-state index in [1.54, 1.807) is 0 Å². The van der Waals surface area contributed by atoms with Crippen molar-refractivity contribution in [2.75, 3.05) is 47.5 Å². The van der Waals surface area contributed by atoms with Crippen molar-refractivity contribution in [1.29, 1.82) is 0 Å². The van der Waals surface area contributed by atoms with Crippen molar-refractivity contribution in [2.45, 2.75) is 283 Å². The zero-order valence-corrected chi connectivity index (χ0v) is 48.3. The Kier molecular flexibility index (Phi) is 53.0. The molecule has 0 heterocycles. The third kappa shape index (κ3) is 56.6. The van der Waals surface area contributed by atoms with E-state index in [0.29, 0.717) is 17.4 Å². The molecule has 0 saturated carbocycles. The zero-order chi connectivity index (χ0) is 53.4. The topological polar surface area (TPSA) is 108 Å². The van der Waals surface area contributed by atoms with Crippen LogP contribution in [0.25, 0.3) is 0 Å². The number of carbonyl (C=O) groups is 3. The molecule has 2 unspecified atom stereocenters. The second-order valence-electron chi connectivity index (χ2n) is 21.7. The SMILES string of the molecule is CCCCC/C=C\C/C=C\CCCCCCCCCCCC(=O)OCC(COC(OCC[N+](C)(C)C)C(=O)O)OC(=O)CCCCCCCCCCCCCCCC/C=C\C/C=C\C/C=C\CCCCCCC. The summed E-state index contributed by atoms with van der Waals surface area (Å²) in [6.45, 7) is 4.86. The number of carboxylic acid groups (broad SMARTS) is 1. The van der Waals surface area contributed by atoms with Gasteiger partial charge in [-0.2, -0.15) is 0 Å². The molecule has 9 nitrogen and oxygen atoms in total. The molecule has 0 spiro atoms. The summed E-state index contributed by atoms with van der Waals surface area (Å²) in [6, 6.07) is 0. The van der Waals surface area contributed by atoms with E-state index in [1.165, 1.54) is 186 Å². The third-order valence-corrected chi connectivity index (χ3v) is 13.2. The summed E-state index contributed by atoms with van der Waals surface area (Å²) in [5.41, 5.74) is 0. The van der Waals surface area contributed by atoms with Gasteiger partial charge < -0.3 is 28.5 Å². The molecule has 0 aliphatic rings. The van der Waals surface area contributed by atoms with Crippen LogP contribution in [0.1, 0.15) is 271 Å². The first-order valence-electron chi connectivity index (χ1n) is 30.5. The lowest BCUT2D eigenvalue weighted by molar-refractivity contribution is -0.870. The molecule has 2 atom stereocenters. The first-order chi connectivity index (χ1) is 35.6. The fourth-order valence-corrected chi connectivity index (χ4v) is 8.52. The van der Waals surface area contributed by atoms with Crippen LogP contribution in [-0.4, -0.2) is 87.4 Å². The van der Waals surface area contributed by atoms with Crippen molar-refractivity contribution in [2.24, 2.45) is 0 Å². The summed E-state index contributed by atoms with van der Waals surface area (Å²) >= 11 is 0. The summed E-state index contributed by atoms with van der Waals surface area (Å²) in [7, 11) is 5.97. The van der Waals surface area contributed by atoms with Crippen LogP contribution in [-0.2, 0) is 33.3 Å². The van der Waals surface area contributed by atoms with Crippen LogP contribution < -0.4 is 0 Å². The highest BCUT2D eigenvalue weighted by Gasteiger charge is 2.25. The van der Waals surface area contributed by atoms with Crippen molar-refractivity contribution < 1.29 is 42.9 Å². The van der Waals surface area contributed by atoms with Crippen LogP contribution in [0.15, 0.2) is 60.8 Å². The van der Waals surface area contributed by atoms with Gasteiger partial charge in [-0.15, -0.1) is 0 Å².